The van der Waals surface area contributed by atoms with E-state index in [1.807, 2.05) is 4.57 Å². The third-order valence-corrected chi connectivity index (χ3v) is 8.88. The van der Waals surface area contributed by atoms with Crippen molar-refractivity contribution in [3.8, 4) is 0 Å². The number of aromatic nitrogens is 2. The van der Waals surface area contributed by atoms with Crippen molar-refractivity contribution in [2.45, 2.75) is 65.5 Å². The molecule has 1 aliphatic heterocycles. The molecule has 2 heterocycles. The van der Waals surface area contributed by atoms with Gasteiger partial charge in [-0.3, -0.25) is 14.5 Å². The number of nitrogens with one attached hydrogen (secondary N) is 1. The number of carbonyl (C=O) groups is 2. The van der Waals surface area contributed by atoms with E-state index < -0.39 is 0 Å². The predicted octanol–water partition coefficient (Wildman–Crippen LogP) is 4.95. The van der Waals surface area contributed by atoms with Crippen LogP contribution in [0.4, 0.5) is 5.82 Å². The summed E-state index contributed by atoms with van der Waals surface area (Å²) in [7, 11) is 1.69. The minimum atomic E-state index is -0.226. The average molecular weight is 469 g/mol. The van der Waals surface area contributed by atoms with Crippen LogP contribution in [-0.2, 0) is 13.0 Å². The Kier molecular flexibility index (Phi) is 5.55. The highest BCUT2D eigenvalue weighted by molar-refractivity contribution is 6.31. The van der Waals surface area contributed by atoms with Crippen molar-refractivity contribution in [2.75, 3.05) is 11.9 Å². The lowest BCUT2D eigenvalue weighted by molar-refractivity contribution is -0.113. The summed E-state index contributed by atoms with van der Waals surface area (Å²) in [5.74, 6) is 2.72. The fraction of sp³-hybridized carbons (Fsp3) is 0.577. The van der Waals surface area contributed by atoms with Gasteiger partial charge >= 0.3 is 0 Å². The van der Waals surface area contributed by atoms with Crippen LogP contribution in [0, 0.1) is 23.2 Å². The van der Waals surface area contributed by atoms with Crippen molar-refractivity contribution < 1.29 is 9.59 Å². The molecule has 7 heteroatoms. The molecule has 1 aromatic heterocycles. The summed E-state index contributed by atoms with van der Waals surface area (Å²) in [6, 6.07) is 7.04. The van der Waals surface area contributed by atoms with Crippen LogP contribution < -0.4 is 10.2 Å². The van der Waals surface area contributed by atoms with Crippen molar-refractivity contribution in [2.24, 2.45) is 23.2 Å². The van der Waals surface area contributed by atoms with Gasteiger partial charge in [-0.1, -0.05) is 38.4 Å². The van der Waals surface area contributed by atoms with Crippen molar-refractivity contribution in [1.29, 1.82) is 0 Å². The molecule has 176 valence electrons. The van der Waals surface area contributed by atoms with Crippen molar-refractivity contribution in [1.82, 2.24) is 14.9 Å². The van der Waals surface area contributed by atoms with Gasteiger partial charge in [0.15, 0.2) is 11.5 Å². The predicted molar refractivity (Wildman–Crippen MR) is 130 cm³/mol. The third kappa shape index (κ3) is 3.67. The molecule has 0 spiro atoms. The number of halogens is 1. The van der Waals surface area contributed by atoms with Crippen LogP contribution in [0.15, 0.2) is 24.3 Å². The minimum Gasteiger partial charge on any atom is -0.348 e. The molecule has 3 saturated carbocycles. The Morgan fingerprint density at radius 2 is 2.03 bits per heavy atom. The Labute approximate surface area is 200 Å². The maximum absolute atomic E-state index is 13.7. The highest BCUT2D eigenvalue weighted by atomic mass is 35.5. The van der Waals surface area contributed by atoms with Crippen LogP contribution in [0.1, 0.15) is 73.1 Å². The second-order valence-corrected chi connectivity index (χ2v) is 11.2. The zero-order chi connectivity index (χ0) is 23.5. The molecule has 3 aliphatic carbocycles. The van der Waals surface area contributed by atoms with Gasteiger partial charge in [-0.15, -0.1) is 0 Å². The Balaban J connectivity index is 1.44. The van der Waals surface area contributed by atoms with E-state index >= 15 is 0 Å². The van der Waals surface area contributed by atoms with Crippen LogP contribution >= 0.6 is 11.6 Å². The van der Waals surface area contributed by atoms with Gasteiger partial charge in [-0.2, -0.15) is 0 Å². The molecule has 4 atom stereocenters. The summed E-state index contributed by atoms with van der Waals surface area (Å²) in [5.41, 5.74) is 1.35. The van der Waals surface area contributed by atoms with Crippen molar-refractivity contribution in [3.05, 3.63) is 46.4 Å². The van der Waals surface area contributed by atoms with Crippen LogP contribution in [0.5, 0.6) is 0 Å². The number of imidazole rings is 1. The highest BCUT2D eigenvalue weighted by Gasteiger charge is 2.56. The lowest BCUT2D eigenvalue weighted by Crippen LogP contribution is -2.60. The molecule has 4 unspecified atom stereocenters. The van der Waals surface area contributed by atoms with Gasteiger partial charge in [0.2, 0.25) is 0 Å². The largest absolute Gasteiger partial charge is 0.348 e. The molecule has 1 N–H and O–H groups in total. The van der Waals surface area contributed by atoms with E-state index in [2.05, 4.69) is 26.1 Å². The first-order valence-corrected chi connectivity index (χ1v) is 12.5. The first-order valence-electron chi connectivity index (χ1n) is 12.1. The van der Waals surface area contributed by atoms with Gasteiger partial charge in [-0.05, 0) is 67.1 Å². The van der Waals surface area contributed by atoms with Gasteiger partial charge in [0.25, 0.3) is 11.8 Å². The molecule has 2 aromatic rings. The van der Waals surface area contributed by atoms with Crippen LogP contribution in [0.25, 0.3) is 0 Å². The lowest BCUT2D eigenvalue weighted by atomic mass is 9.45. The number of fused-ring (bicyclic) bond motifs is 3. The first kappa shape index (κ1) is 22.5. The van der Waals surface area contributed by atoms with E-state index in [0.717, 1.165) is 38.1 Å². The summed E-state index contributed by atoms with van der Waals surface area (Å²) < 4.78 is 2.02. The maximum Gasteiger partial charge on any atom is 0.272 e. The molecule has 6 rings (SSSR count). The normalized spacial score (nSPS) is 27.3. The van der Waals surface area contributed by atoms with Crippen molar-refractivity contribution >= 4 is 29.2 Å². The number of aryl methyl sites for hydroxylation is 1. The van der Waals surface area contributed by atoms with E-state index in [9.17, 15) is 9.59 Å². The number of hydrogen-bond donors (Lipinski definition) is 1. The molecule has 33 heavy (non-hydrogen) atoms. The lowest BCUT2D eigenvalue weighted by Gasteiger charge is -2.62. The summed E-state index contributed by atoms with van der Waals surface area (Å²) >= 11 is 6.11. The second kappa shape index (κ2) is 8.15. The number of rotatable bonds is 4. The molecule has 2 bridgehead atoms. The van der Waals surface area contributed by atoms with Gasteiger partial charge in [0.1, 0.15) is 5.82 Å². The standard InChI is InChI=1S/C26H33ClN4O2/c1-15-19-13-17(26(19,2)3)14-20(15)28-24(32)22-23(29-21-10-5-6-11-31(21)22)30(4)25(33)16-8-7-9-18(27)12-16/h7-9,12,15,17,19-20H,5-6,10-11,13-14H2,1-4H3,(H,28,32). The van der Waals surface area contributed by atoms with Crippen molar-refractivity contribution in [3.63, 3.8) is 0 Å². The van der Waals surface area contributed by atoms with Crippen LogP contribution in [-0.4, -0.2) is 34.5 Å². The van der Waals surface area contributed by atoms with E-state index in [4.69, 9.17) is 16.6 Å². The van der Waals surface area contributed by atoms with E-state index in [1.165, 1.54) is 11.3 Å². The van der Waals surface area contributed by atoms with E-state index in [1.54, 1.807) is 31.3 Å². The smallest absolute Gasteiger partial charge is 0.272 e. The van der Waals surface area contributed by atoms with Gasteiger partial charge < -0.3 is 9.88 Å². The van der Waals surface area contributed by atoms with Crippen LogP contribution in [0.2, 0.25) is 5.02 Å². The Bertz CT molecular complexity index is 1110. The molecule has 3 fully saturated rings. The Hall–Kier alpha value is -2.34. The average Bonchev–Trinajstić information content (AvgIpc) is 3.18. The fourth-order valence-electron chi connectivity index (χ4n) is 6.42. The number of anilines is 1. The quantitative estimate of drug-likeness (QED) is 0.690. The number of carbonyl (C=O) groups excluding carboxylic acids is 2. The zero-order valence-corrected chi connectivity index (χ0v) is 20.7. The highest BCUT2D eigenvalue weighted by Crippen LogP contribution is 2.61. The van der Waals surface area contributed by atoms with E-state index in [-0.39, 0.29) is 17.9 Å². The number of hydrogen-bond acceptors (Lipinski definition) is 3. The van der Waals surface area contributed by atoms with Gasteiger partial charge in [0, 0.05) is 36.6 Å². The Morgan fingerprint density at radius 1 is 1.24 bits per heavy atom. The second-order valence-electron chi connectivity index (χ2n) is 10.7. The Morgan fingerprint density at radius 3 is 2.73 bits per heavy atom. The number of benzene rings is 1. The molecule has 0 radical (unpaired) electrons. The third-order valence-electron chi connectivity index (χ3n) is 8.64. The van der Waals surface area contributed by atoms with Crippen LogP contribution in [0.3, 0.4) is 0 Å². The molecule has 2 amide bonds. The summed E-state index contributed by atoms with van der Waals surface area (Å²) in [6.45, 7) is 7.75. The summed E-state index contributed by atoms with van der Waals surface area (Å²) in [6.07, 6.45) is 5.15. The topological polar surface area (TPSA) is 67.2 Å². The molecule has 4 aliphatic rings. The monoisotopic (exact) mass is 468 g/mol. The fourth-order valence-corrected chi connectivity index (χ4v) is 6.61. The number of amides is 2. The SMILES string of the molecule is CC1C(NC(=O)c2c(N(C)C(=O)c3cccc(Cl)c3)nc3n2CCCC3)CC2CC1C2(C)C. The van der Waals surface area contributed by atoms with Gasteiger partial charge in [-0.25, -0.2) is 4.98 Å². The summed E-state index contributed by atoms with van der Waals surface area (Å²) in [5, 5.41) is 3.85. The molecular formula is C26H33ClN4O2. The molecule has 0 saturated heterocycles. The maximum atomic E-state index is 13.7. The number of nitrogens with zero attached hydrogens (tertiary/aromatic N) is 3. The van der Waals surface area contributed by atoms with Gasteiger partial charge in [0.05, 0.1) is 0 Å². The molecule has 1 aromatic carbocycles. The molecular weight excluding hydrogens is 436 g/mol. The van der Waals surface area contributed by atoms with E-state index in [0.29, 0.717) is 45.3 Å². The minimum absolute atomic E-state index is 0.118. The zero-order valence-electron chi connectivity index (χ0n) is 19.9. The summed E-state index contributed by atoms with van der Waals surface area (Å²) in [4.78, 5) is 33.2. The first-order chi connectivity index (χ1) is 15.7. The molecule has 6 nitrogen and oxygen atoms in total.